The highest BCUT2D eigenvalue weighted by Gasteiger charge is 2.11. The summed E-state index contributed by atoms with van der Waals surface area (Å²) in [7, 11) is 0. The van der Waals surface area contributed by atoms with Crippen LogP contribution in [0.25, 0.3) is 5.65 Å². The first-order valence-corrected chi connectivity index (χ1v) is 6.23. The van der Waals surface area contributed by atoms with Crippen LogP contribution in [-0.2, 0) is 0 Å². The van der Waals surface area contributed by atoms with Crippen molar-refractivity contribution in [1.29, 1.82) is 0 Å². The predicted molar refractivity (Wildman–Crippen MR) is 66.4 cm³/mol. The zero-order chi connectivity index (χ0) is 12.1. The lowest BCUT2D eigenvalue weighted by atomic mass is 10.3. The summed E-state index contributed by atoms with van der Waals surface area (Å²) in [6.07, 6.45) is 5.65. The number of halogens is 1. The summed E-state index contributed by atoms with van der Waals surface area (Å²) in [5.74, 6) is 1.46. The van der Waals surface area contributed by atoms with Gasteiger partial charge in [-0.1, -0.05) is 13.3 Å². The Bertz CT molecular complexity index is 471. The van der Waals surface area contributed by atoms with Crippen LogP contribution in [0.5, 0.6) is 0 Å². The molecule has 0 radical (unpaired) electrons. The van der Waals surface area contributed by atoms with Gasteiger partial charge >= 0.3 is 0 Å². The Morgan fingerprint density at radius 1 is 1.35 bits per heavy atom. The van der Waals surface area contributed by atoms with Crippen LogP contribution >= 0.6 is 11.6 Å². The van der Waals surface area contributed by atoms with E-state index >= 15 is 0 Å². The Balaban J connectivity index is 2.30. The summed E-state index contributed by atoms with van der Waals surface area (Å²) >= 11 is 5.83. The molecule has 0 amide bonds. The van der Waals surface area contributed by atoms with Crippen LogP contribution in [0.3, 0.4) is 0 Å². The second kappa shape index (κ2) is 5.77. The highest BCUT2D eigenvalue weighted by atomic mass is 35.5. The normalized spacial score (nSPS) is 10.9. The van der Waals surface area contributed by atoms with Crippen LogP contribution in [0.15, 0.2) is 12.4 Å². The Kier molecular flexibility index (Phi) is 4.08. The number of hydrogen-bond donors (Lipinski definition) is 0. The van der Waals surface area contributed by atoms with E-state index in [2.05, 4.69) is 32.3 Å². The maximum absolute atomic E-state index is 5.83. The molecular formula is C10H15ClN6. The van der Waals surface area contributed by atoms with Gasteiger partial charge in [-0.2, -0.15) is 4.52 Å². The summed E-state index contributed by atoms with van der Waals surface area (Å²) < 4.78 is 1.69. The lowest BCUT2D eigenvalue weighted by Crippen LogP contribution is -2.28. The summed E-state index contributed by atoms with van der Waals surface area (Å²) in [5.41, 5.74) is 0.651. The highest BCUT2D eigenvalue weighted by Crippen LogP contribution is 2.13. The van der Waals surface area contributed by atoms with Crippen molar-refractivity contribution in [3.05, 3.63) is 12.4 Å². The third-order valence-corrected chi connectivity index (χ3v) is 2.72. The van der Waals surface area contributed by atoms with Gasteiger partial charge in [0.15, 0.2) is 11.5 Å². The molecule has 0 bridgehead atoms. The van der Waals surface area contributed by atoms with E-state index < -0.39 is 0 Å². The number of alkyl halides is 1. The molecule has 0 aliphatic carbocycles. The molecule has 2 aromatic heterocycles. The van der Waals surface area contributed by atoms with Gasteiger partial charge in [-0.25, -0.2) is 0 Å². The van der Waals surface area contributed by atoms with Gasteiger partial charge in [-0.15, -0.1) is 16.7 Å². The molecule has 0 aromatic carbocycles. The van der Waals surface area contributed by atoms with Crippen molar-refractivity contribution >= 4 is 23.1 Å². The molecule has 0 aliphatic heterocycles. The molecule has 0 spiro atoms. The third kappa shape index (κ3) is 2.63. The Morgan fingerprint density at radius 3 is 3.00 bits per heavy atom. The highest BCUT2D eigenvalue weighted by molar-refractivity contribution is 6.18. The lowest BCUT2D eigenvalue weighted by molar-refractivity contribution is 0.702. The number of unbranched alkanes of at least 4 members (excludes halogenated alkanes) is 1. The molecule has 0 fully saturated rings. The average Bonchev–Trinajstić information content (AvgIpc) is 2.82. The number of anilines is 1. The minimum atomic E-state index is 0.572. The molecule has 0 atom stereocenters. The second-order valence-corrected chi connectivity index (χ2v) is 4.12. The topological polar surface area (TPSA) is 59.2 Å². The number of hydrogen-bond acceptors (Lipinski definition) is 5. The van der Waals surface area contributed by atoms with Gasteiger partial charge in [0.2, 0.25) is 0 Å². The van der Waals surface area contributed by atoms with Crippen molar-refractivity contribution in [1.82, 2.24) is 25.0 Å². The van der Waals surface area contributed by atoms with E-state index in [1.165, 1.54) is 0 Å². The molecule has 2 rings (SSSR count). The van der Waals surface area contributed by atoms with Crippen LogP contribution in [0.4, 0.5) is 5.82 Å². The van der Waals surface area contributed by atoms with Crippen molar-refractivity contribution in [2.45, 2.75) is 19.8 Å². The molecule has 2 aromatic rings. The van der Waals surface area contributed by atoms with E-state index in [1.807, 2.05) is 0 Å². The van der Waals surface area contributed by atoms with E-state index in [0.717, 1.165) is 31.7 Å². The largest absolute Gasteiger partial charge is 0.354 e. The Labute approximate surface area is 105 Å². The Morgan fingerprint density at radius 2 is 2.24 bits per heavy atom. The van der Waals surface area contributed by atoms with E-state index in [0.29, 0.717) is 11.5 Å². The van der Waals surface area contributed by atoms with Crippen molar-refractivity contribution in [3.63, 3.8) is 0 Å². The van der Waals surface area contributed by atoms with Crippen molar-refractivity contribution in [2.24, 2.45) is 0 Å². The van der Waals surface area contributed by atoms with Crippen molar-refractivity contribution in [3.8, 4) is 0 Å². The summed E-state index contributed by atoms with van der Waals surface area (Å²) in [6, 6.07) is 0. The van der Waals surface area contributed by atoms with E-state index in [9.17, 15) is 0 Å². The fourth-order valence-electron chi connectivity index (χ4n) is 1.67. The predicted octanol–water partition coefficient (Wildman–Crippen LogP) is 1.36. The van der Waals surface area contributed by atoms with Crippen LogP contribution in [0.2, 0.25) is 0 Å². The number of tetrazole rings is 1. The maximum atomic E-state index is 5.83. The van der Waals surface area contributed by atoms with Crippen LogP contribution in [0, 0.1) is 0 Å². The fourth-order valence-corrected chi connectivity index (χ4v) is 1.87. The van der Waals surface area contributed by atoms with Gasteiger partial charge in [0.05, 0.1) is 12.4 Å². The van der Waals surface area contributed by atoms with Crippen LogP contribution < -0.4 is 4.90 Å². The van der Waals surface area contributed by atoms with E-state index in [1.54, 1.807) is 16.9 Å². The minimum Gasteiger partial charge on any atom is -0.354 e. The zero-order valence-corrected chi connectivity index (χ0v) is 10.5. The SMILES string of the molecule is CCCCN(CCCl)c1cncc2nnnn12. The van der Waals surface area contributed by atoms with Gasteiger partial charge < -0.3 is 4.90 Å². The van der Waals surface area contributed by atoms with E-state index in [-0.39, 0.29) is 0 Å². The standard InChI is InChI=1S/C10H15ClN6/c1-2-3-5-16(6-4-11)10-8-12-7-9-13-14-15-17(9)10/h7-8H,2-6H2,1H3. The average molecular weight is 255 g/mol. The summed E-state index contributed by atoms with van der Waals surface area (Å²) in [5, 5.41) is 11.5. The first-order chi connectivity index (χ1) is 8.36. The number of rotatable bonds is 6. The summed E-state index contributed by atoms with van der Waals surface area (Å²) in [4.78, 5) is 6.31. The second-order valence-electron chi connectivity index (χ2n) is 3.74. The molecule has 17 heavy (non-hydrogen) atoms. The maximum Gasteiger partial charge on any atom is 0.199 e. The van der Waals surface area contributed by atoms with Gasteiger partial charge in [0.1, 0.15) is 0 Å². The number of nitrogens with zero attached hydrogens (tertiary/aromatic N) is 6. The van der Waals surface area contributed by atoms with Crippen LogP contribution in [0.1, 0.15) is 19.8 Å². The van der Waals surface area contributed by atoms with Gasteiger partial charge in [0.25, 0.3) is 0 Å². The third-order valence-electron chi connectivity index (χ3n) is 2.55. The molecule has 0 aliphatic rings. The minimum absolute atomic E-state index is 0.572. The molecule has 92 valence electrons. The molecule has 0 saturated heterocycles. The smallest absolute Gasteiger partial charge is 0.199 e. The van der Waals surface area contributed by atoms with Gasteiger partial charge in [0, 0.05) is 19.0 Å². The van der Waals surface area contributed by atoms with Gasteiger partial charge in [-0.3, -0.25) is 4.98 Å². The molecule has 0 saturated carbocycles. The molecular weight excluding hydrogens is 240 g/mol. The fraction of sp³-hybridized carbons (Fsp3) is 0.600. The zero-order valence-electron chi connectivity index (χ0n) is 9.75. The number of aromatic nitrogens is 5. The van der Waals surface area contributed by atoms with Crippen molar-refractivity contribution in [2.75, 3.05) is 23.9 Å². The molecule has 0 N–H and O–H groups in total. The molecule has 0 unspecified atom stereocenters. The molecule has 7 heteroatoms. The monoisotopic (exact) mass is 254 g/mol. The van der Waals surface area contributed by atoms with Gasteiger partial charge in [-0.05, 0) is 16.8 Å². The summed E-state index contributed by atoms with van der Waals surface area (Å²) in [6.45, 7) is 3.86. The first kappa shape index (κ1) is 12.0. The molecule has 6 nitrogen and oxygen atoms in total. The van der Waals surface area contributed by atoms with Crippen molar-refractivity contribution < 1.29 is 0 Å². The number of fused-ring (bicyclic) bond motifs is 1. The first-order valence-electron chi connectivity index (χ1n) is 5.69. The quantitative estimate of drug-likeness (QED) is 0.729. The van der Waals surface area contributed by atoms with E-state index in [4.69, 9.17) is 11.6 Å². The lowest BCUT2D eigenvalue weighted by Gasteiger charge is -2.22. The molecule has 2 heterocycles. The van der Waals surface area contributed by atoms with Crippen LogP contribution in [-0.4, -0.2) is 44.0 Å². The Hall–Kier alpha value is -1.43.